The number of hydroxylamine groups is 2. The zero-order valence-electron chi connectivity index (χ0n) is 8.16. The number of Topliss-reactive ketones (excluding diaryl/α,β-unsaturated/α-hetero) is 1. The maximum atomic E-state index is 11.6. The van der Waals surface area contributed by atoms with Crippen molar-refractivity contribution in [1.82, 2.24) is 5.23 Å². The molecule has 0 amide bonds. The van der Waals surface area contributed by atoms with Crippen LogP contribution in [0.1, 0.15) is 26.2 Å². The van der Waals surface area contributed by atoms with E-state index in [1.807, 2.05) is 0 Å². The first-order valence-electron chi connectivity index (χ1n) is 4.86. The Labute approximate surface area is 88.0 Å². The summed E-state index contributed by atoms with van der Waals surface area (Å²) >= 11 is 5.72. The molecular formula is C9H14ClNO3. The van der Waals surface area contributed by atoms with Crippen molar-refractivity contribution in [3.05, 3.63) is 0 Å². The second-order valence-electron chi connectivity index (χ2n) is 3.87. The molecule has 0 spiro atoms. The smallest absolute Gasteiger partial charge is 0.155 e. The molecule has 0 N–H and O–H groups in total. The molecule has 80 valence electrons. The quantitative estimate of drug-likeness (QED) is 0.656. The van der Waals surface area contributed by atoms with Crippen LogP contribution in [0.3, 0.4) is 0 Å². The van der Waals surface area contributed by atoms with Gasteiger partial charge in [-0.25, -0.2) is 0 Å². The zero-order valence-corrected chi connectivity index (χ0v) is 8.92. The molecular weight excluding hydrogens is 206 g/mol. The van der Waals surface area contributed by atoms with Gasteiger partial charge >= 0.3 is 0 Å². The fourth-order valence-corrected chi connectivity index (χ4v) is 2.28. The molecule has 2 aliphatic rings. The third-order valence-corrected chi connectivity index (χ3v) is 3.27. The van der Waals surface area contributed by atoms with Gasteiger partial charge in [-0.2, -0.15) is 0 Å². The van der Waals surface area contributed by atoms with Crippen LogP contribution < -0.4 is 0 Å². The van der Waals surface area contributed by atoms with Crippen molar-refractivity contribution in [2.24, 2.45) is 0 Å². The molecule has 0 saturated carbocycles. The van der Waals surface area contributed by atoms with E-state index in [4.69, 9.17) is 21.3 Å². The van der Waals surface area contributed by atoms with Gasteiger partial charge in [0.1, 0.15) is 5.54 Å². The first kappa shape index (κ1) is 10.4. The molecule has 2 fully saturated rings. The van der Waals surface area contributed by atoms with Crippen LogP contribution in [-0.4, -0.2) is 35.1 Å². The van der Waals surface area contributed by atoms with E-state index in [0.29, 0.717) is 18.9 Å². The Hall–Kier alpha value is -0.160. The molecule has 2 aliphatic heterocycles. The maximum absolute atomic E-state index is 11.6. The molecule has 4 nitrogen and oxygen atoms in total. The Morgan fingerprint density at radius 1 is 1.71 bits per heavy atom. The summed E-state index contributed by atoms with van der Waals surface area (Å²) < 4.78 is 0. The summed E-state index contributed by atoms with van der Waals surface area (Å²) in [6, 6.07) is 0. The van der Waals surface area contributed by atoms with Crippen LogP contribution in [0.4, 0.5) is 0 Å². The van der Waals surface area contributed by atoms with E-state index in [1.165, 1.54) is 5.23 Å². The Kier molecular flexibility index (Phi) is 2.79. The summed E-state index contributed by atoms with van der Waals surface area (Å²) in [5.74, 6) is 0.499. The highest BCUT2D eigenvalue weighted by Gasteiger charge is 2.53. The lowest BCUT2D eigenvalue weighted by molar-refractivity contribution is -0.394. The highest BCUT2D eigenvalue weighted by Crippen LogP contribution is 2.39. The molecule has 0 aliphatic carbocycles. The van der Waals surface area contributed by atoms with Crippen molar-refractivity contribution < 1.29 is 14.5 Å². The standard InChI is InChI=1S/C9H14ClNO3/c1-7(12)9-3-2-4-13-11(9)14-8(5-9)6-10/h8H,2-6H2,1H3. The van der Waals surface area contributed by atoms with E-state index < -0.39 is 5.54 Å². The van der Waals surface area contributed by atoms with Gasteiger partial charge in [-0.05, 0) is 19.8 Å². The highest BCUT2D eigenvalue weighted by molar-refractivity contribution is 6.18. The van der Waals surface area contributed by atoms with E-state index in [0.717, 1.165) is 12.8 Å². The Bertz CT molecular complexity index is 248. The minimum atomic E-state index is -0.572. The average Bonchev–Trinajstić information content (AvgIpc) is 2.57. The van der Waals surface area contributed by atoms with Crippen LogP contribution in [0.15, 0.2) is 0 Å². The van der Waals surface area contributed by atoms with Crippen LogP contribution >= 0.6 is 11.6 Å². The number of ketones is 1. The summed E-state index contributed by atoms with van der Waals surface area (Å²) in [6.07, 6.45) is 2.24. The first-order valence-corrected chi connectivity index (χ1v) is 5.39. The summed E-state index contributed by atoms with van der Waals surface area (Å²) in [6.45, 7) is 2.20. The van der Waals surface area contributed by atoms with Gasteiger partial charge in [0.2, 0.25) is 0 Å². The van der Waals surface area contributed by atoms with Crippen molar-refractivity contribution in [2.45, 2.75) is 37.8 Å². The minimum Gasteiger partial charge on any atom is -0.298 e. The van der Waals surface area contributed by atoms with Crippen LogP contribution in [0, 0.1) is 0 Å². The molecule has 2 saturated heterocycles. The molecule has 2 atom stereocenters. The molecule has 14 heavy (non-hydrogen) atoms. The number of hydrogen-bond donors (Lipinski definition) is 0. The van der Waals surface area contributed by atoms with Gasteiger partial charge in [0.15, 0.2) is 5.78 Å². The van der Waals surface area contributed by atoms with Crippen LogP contribution in [-0.2, 0) is 14.5 Å². The van der Waals surface area contributed by atoms with Crippen molar-refractivity contribution in [3.63, 3.8) is 0 Å². The number of carbonyl (C=O) groups is 1. The molecule has 5 heteroatoms. The second-order valence-corrected chi connectivity index (χ2v) is 4.18. The number of nitrogens with zero attached hydrogens (tertiary/aromatic N) is 1. The molecule has 0 aromatic carbocycles. The van der Waals surface area contributed by atoms with Crippen molar-refractivity contribution in [1.29, 1.82) is 0 Å². The van der Waals surface area contributed by atoms with Crippen LogP contribution in [0.2, 0.25) is 0 Å². The predicted octanol–water partition coefficient (Wildman–Crippen LogP) is 1.28. The number of fused-ring (bicyclic) bond motifs is 1. The lowest BCUT2D eigenvalue weighted by Gasteiger charge is -2.36. The first-order chi connectivity index (χ1) is 6.69. The van der Waals surface area contributed by atoms with E-state index in [2.05, 4.69) is 0 Å². The van der Waals surface area contributed by atoms with Crippen LogP contribution in [0.5, 0.6) is 0 Å². The number of rotatable bonds is 2. The predicted molar refractivity (Wildman–Crippen MR) is 50.6 cm³/mol. The molecule has 0 aromatic heterocycles. The third kappa shape index (κ3) is 1.46. The van der Waals surface area contributed by atoms with Crippen LogP contribution in [0.25, 0.3) is 0 Å². The third-order valence-electron chi connectivity index (χ3n) is 2.93. The lowest BCUT2D eigenvalue weighted by atomic mass is 9.85. The normalized spacial score (nSPS) is 38.3. The zero-order chi connectivity index (χ0) is 10.2. The van der Waals surface area contributed by atoms with Gasteiger partial charge in [0, 0.05) is 6.42 Å². The van der Waals surface area contributed by atoms with Crippen molar-refractivity contribution in [3.8, 4) is 0 Å². The number of halogens is 1. The molecule has 0 aromatic rings. The van der Waals surface area contributed by atoms with E-state index >= 15 is 0 Å². The fourth-order valence-electron chi connectivity index (χ4n) is 2.12. The maximum Gasteiger partial charge on any atom is 0.155 e. The fraction of sp³-hybridized carbons (Fsp3) is 0.889. The number of alkyl halides is 1. The van der Waals surface area contributed by atoms with E-state index in [-0.39, 0.29) is 11.9 Å². The number of carbonyl (C=O) groups excluding carboxylic acids is 1. The van der Waals surface area contributed by atoms with Gasteiger partial charge in [0.05, 0.1) is 18.6 Å². The summed E-state index contributed by atoms with van der Waals surface area (Å²) in [4.78, 5) is 22.4. The minimum absolute atomic E-state index is 0.0985. The highest BCUT2D eigenvalue weighted by atomic mass is 35.5. The van der Waals surface area contributed by atoms with Crippen molar-refractivity contribution in [2.75, 3.05) is 12.5 Å². The van der Waals surface area contributed by atoms with Gasteiger partial charge in [-0.3, -0.25) is 14.5 Å². The Balaban J connectivity index is 2.20. The van der Waals surface area contributed by atoms with E-state index in [1.54, 1.807) is 6.92 Å². The Morgan fingerprint density at radius 3 is 3.07 bits per heavy atom. The summed E-state index contributed by atoms with van der Waals surface area (Å²) in [7, 11) is 0. The van der Waals surface area contributed by atoms with Gasteiger partial charge in [-0.1, -0.05) is 5.23 Å². The molecule has 2 rings (SSSR count). The van der Waals surface area contributed by atoms with Crippen molar-refractivity contribution >= 4 is 17.4 Å². The SMILES string of the molecule is CC(=O)C12CCCON1OC(CCl)C2. The monoisotopic (exact) mass is 219 g/mol. The summed E-state index contributed by atoms with van der Waals surface area (Å²) in [5.41, 5.74) is -0.572. The topological polar surface area (TPSA) is 38.8 Å². The lowest BCUT2D eigenvalue weighted by Crippen LogP contribution is -2.51. The molecule has 2 heterocycles. The number of hydrogen-bond acceptors (Lipinski definition) is 4. The largest absolute Gasteiger partial charge is 0.298 e. The summed E-state index contributed by atoms with van der Waals surface area (Å²) in [5, 5.41) is 1.38. The van der Waals surface area contributed by atoms with Gasteiger partial charge < -0.3 is 0 Å². The second kappa shape index (κ2) is 3.77. The average molecular weight is 220 g/mol. The van der Waals surface area contributed by atoms with Gasteiger partial charge in [0.25, 0.3) is 0 Å². The Morgan fingerprint density at radius 2 is 2.50 bits per heavy atom. The molecule has 0 bridgehead atoms. The van der Waals surface area contributed by atoms with E-state index in [9.17, 15) is 4.79 Å². The van der Waals surface area contributed by atoms with Gasteiger partial charge in [-0.15, -0.1) is 11.6 Å². The molecule has 0 radical (unpaired) electrons. The molecule has 2 unspecified atom stereocenters.